The van der Waals surface area contributed by atoms with Gasteiger partial charge in [0.1, 0.15) is 0 Å². The fraction of sp³-hybridized carbons (Fsp3) is 1.00. The van der Waals surface area contributed by atoms with Crippen molar-refractivity contribution in [3.05, 3.63) is 0 Å². The zero-order valence-electron chi connectivity index (χ0n) is 7.58. The topological polar surface area (TPSA) is 23.5 Å². The standard InChI is InChI=1S/C9H19NOS/c11-8-9-2-5-10(6-3-9)4-1-7-12/h9,11-12H,1-8H2. The first-order valence-corrected chi connectivity index (χ1v) is 5.44. The average Bonchev–Trinajstić information content (AvgIpc) is 2.15. The molecule has 1 aliphatic rings. The van der Waals surface area contributed by atoms with Gasteiger partial charge in [-0.2, -0.15) is 12.6 Å². The van der Waals surface area contributed by atoms with Gasteiger partial charge in [-0.05, 0) is 50.6 Å². The van der Waals surface area contributed by atoms with Gasteiger partial charge < -0.3 is 10.0 Å². The highest BCUT2D eigenvalue weighted by atomic mass is 32.1. The van der Waals surface area contributed by atoms with Crippen molar-refractivity contribution in [3.63, 3.8) is 0 Å². The summed E-state index contributed by atoms with van der Waals surface area (Å²) in [5, 5.41) is 8.92. The Hall–Kier alpha value is 0.270. The summed E-state index contributed by atoms with van der Waals surface area (Å²) in [5.74, 6) is 1.55. The van der Waals surface area contributed by atoms with Crippen molar-refractivity contribution >= 4 is 12.6 Å². The minimum absolute atomic E-state index is 0.375. The second-order valence-corrected chi connectivity index (χ2v) is 3.99. The Morgan fingerprint density at radius 3 is 2.50 bits per heavy atom. The van der Waals surface area contributed by atoms with Crippen LogP contribution in [0.5, 0.6) is 0 Å². The Labute approximate surface area is 80.4 Å². The summed E-state index contributed by atoms with van der Waals surface area (Å²) in [5.41, 5.74) is 0. The summed E-state index contributed by atoms with van der Waals surface area (Å²) in [6, 6.07) is 0. The van der Waals surface area contributed by atoms with Crippen LogP contribution in [0.15, 0.2) is 0 Å². The molecule has 2 nitrogen and oxygen atoms in total. The summed E-state index contributed by atoms with van der Waals surface area (Å²) in [7, 11) is 0. The van der Waals surface area contributed by atoms with E-state index in [1.165, 1.54) is 38.9 Å². The van der Waals surface area contributed by atoms with Crippen LogP contribution < -0.4 is 0 Å². The molecule has 12 heavy (non-hydrogen) atoms. The van der Waals surface area contributed by atoms with Crippen molar-refractivity contribution in [2.24, 2.45) is 5.92 Å². The lowest BCUT2D eigenvalue weighted by Crippen LogP contribution is -2.35. The van der Waals surface area contributed by atoms with Crippen molar-refractivity contribution in [1.82, 2.24) is 4.90 Å². The van der Waals surface area contributed by atoms with Crippen molar-refractivity contribution in [3.8, 4) is 0 Å². The Morgan fingerprint density at radius 2 is 2.00 bits per heavy atom. The summed E-state index contributed by atoms with van der Waals surface area (Å²) in [4.78, 5) is 2.47. The zero-order valence-corrected chi connectivity index (χ0v) is 8.47. The van der Waals surface area contributed by atoms with Gasteiger partial charge >= 0.3 is 0 Å². The first kappa shape index (κ1) is 10.4. The number of likely N-dealkylation sites (tertiary alicyclic amines) is 1. The van der Waals surface area contributed by atoms with Gasteiger partial charge in [0.25, 0.3) is 0 Å². The van der Waals surface area contributed by atoms with E-state index in [4.69, 9.17) is 5.11 Å². The Bertz CT molecular complexity index is 113. The lowest BCUT2D eigenvalue weighted by molar-refractivity contribution is 0.132. The molecule has 1 aliphatic heterocycles. The van der Waals surface area contributed by atoms with E-state index >= 15 is 0 Å². The molecule has 0 aromatic rings. The van der Waals surface area contributed by atoms with Gasteiger partial charge in [0.15, 0.2) is 0 Å². The maximum Gasteiger partial charge on any atom is 0.0460 e. The van der Waals surface area contributed by atoms with Crippen LogP contribution in [0.2, 0.25) is 0 Å². The predicted molar refractivity (Wildman–Crippen MR) is 54.7 cm³/mol. The molecule has 0 spiro atoms. The maximum atomic E-state index is 8.92. The molecule has 0 amide bonds. The third kappa shape index (κ3) is 3.33. The number of hydrogen-bond donors (Lipinski definition) is 2. The van der Waals surface area contributed by atoms with E-state index in [-0.39, 0.29) is 0 Å². The molecule has 1 rings (SSSR count). The molecular weight excluding hydrogens is 170 g/mol. The summed E-state index contributed by atoms with van der Waals surface area (Å²) >= 11 is 4.19. The lowest BCUT2D eigenvalue weighted by atomic mass is 9.98. The second kappa shape index (κ2) is 5.84. The van der Waals surface area contributed by atoms with E-state index in [0.29, 0.717) is 12.5 Å². The van der Waals surface area contributed by atoms with Crippen LogP contribution in [-0.4, -0.2) is 42.0 Å². The molecule has 1 N–H and O–H groups in total. The van der Waals surface area contributed by atoms with Gasteiger partial charge in [-0.1, -0.05) is 0 Å². The Morgan fingerprint density at radius 1 is 1.33 bits per heavy atom. The van der Waals surface area contributed by atoms with E-state index < -0.39 is 0 Å². The van der Waals surface area contributed by atoms with Crippen LogP contribution in [0.1, 0.15) is 19.3 Å². The largest absolute Gasteiger partial charge is 0.396 e. The minimum Gasteiger partial charge on any atom is -0.396 e. The van der Waals surface area contributed by atoms with Gasteiger partial charge in [-0.15, -0.1) is 0 Å². The third-order valence-electron chi connectivity index (χ3n) is 2.60. The number of aliphatic hydroxyl groups excluding tert-OH is 1. The van der Waals surface area contributed by atoms with Gasteiger partial charge in [-0.3, -0.25) is 0 Å². The smallest absolute Gasteiger partial charge is 0.0460 e. The molecule has 0 saturated carbocycles. The molecule has 0 bridgehead atoms. The number of nitrogens with zero attached hydrogens (tertiary/aromatic N) is 1. The van der Waals surface area contributed by atoms with E-state index in [9.17, 15) is 0 Å². The fourth-order valence-corrected chi connectivity index (χ4v) is 1.83. The van der Waals surface area contributed by atoms with E-state index in [1.807, 2.05) is 0 Å². The SMILES string of the molecule is OCC1CCN(CCCS)CC1. The summed E-state index contributed by atoms with van der Waals surface area (Å²) in [6.45, 7) is 3.89. The third-order valence-corrected chi connectivity index (χ3v) is 2.91. The first-order valence-electron chi connectivity index (χ1n) is 4.81. The fourth-order valence-electron chi connectivity index (χ4n) is 1.69. The van der Waals surface area contributed by atoms with Crippen LogP contribution in [-0.2, 0) is 0 Å². The minimum atomic E-state index is 0.375. The highest BCUT2D eigenvalue weighted by Gasteiger charge is 2.17. The molecule has 0 atom stereocenters. The Balaban J connectivity index is 2.09. The molecule has 0 aromatic heterocycles. The van der Waals surface area contributed by atoms with Crippen LogP contribution >= 0.6 is 12.6 Å². The van der Waals surface area contributed by atoms with Crippen molar-refractivity contribution in [2.75, 3.05) is 32.0 Å². The highest BCUT2D eigenvalue weighted by molar-refractivity contribution is 7.80. The van der Waals surface area contributed by atoms with Crippen molar-refractivity contribution < 1.29 is 5.11 Å². The lowest BCUT2D eigenvalue weighted by Gasteiger charge is -2.30. The van der Waals surface area contributed by atoms with Crippen LogP contribution in [0.4, 0.5) is 0 Å². The predicted octanol–water partition coefficient (Wildman–Crippen LogP) is 1.01. The maximum absolute atomic E-state index is 8.92. The average molecular weight is 189 g/mol. The zero-order chi connectivity index (χ0) is 8.81. The highest BCUT2D eigenvalue weighted by Crippen LogP contribution is 2.16. The van der Waals surface area contributed by atoms with Gasteiger partial charge in [0.05, 0.1) is 0 Å². The molecule has 1 saturated heterocycles. The van der Waals surface area contributed by atoms with Crippen molar-refractivity contribution in [2.45, 2.75) is 19.3 Å². The van der Waals surface area contributed by atoms with E-state index in [1.54, 1.807) is 0 Å². The molecule has 0 aromatic carbocycles. The monoisotopic (exact) mass is 189 g/mol. The molecule has 1 heterocycles. The number of piperidine rings is 1. The molecule has 1 fully saturated rings. The van der Waals surface area contributed by atoms with Crippen LogP contribution in [0.3, 0.4) is 0 Å². The van der Waals surface area contributed by atoms with Crippen molar-refractivity contribution in [1.29, 1.82) is 0 Å². The number of thiol groups is 1. The van der Waals surface area contributed by atoms with Crippen LogP contribution in [0.25, 0.3) is 0 Å². The van der Waals surface area contributed by atoms with Crippen LogP contribution in [0, 0.1) is 5.92 Å². The number of hydrogen-bond acceptors (Lipinski definition) is 3. The molecule has 0 aliphatic carbocycles. The number of aliphatic hydroxyl groups is 1. The van der Waals surface area contributed by atoms with E-state index in [0.717, 1.165) is 5.75 Å². The van der Waals surface area contributed by atoms with Gasteiger partial charge in [0.2, 0.25) is 0 Å². The second-order valence-electron chi connectivity index (χ2n) is 3.54. The normalized spacial score (nSPS) is 21.5. The molecule has 72 valence electrons. The first-order chi connectivity index (χ1) is 5.86. The summed E-state index contributed by atoms with van der Waals surface area (Å²) < 4.78 is 0. The molecule has 0 radical (unpaired) electrons. The summed E-state index contributed by atoms with van der Waals surface area (Å²) in [6.07, 6.45) is 3.53. The molecule has 3 heteroatoms. The molecule has 0 unspecified atom stereocenters. The quantitative estimate of drug-likeness (QED) is 0.645. The Kier molecular flexibility index (Phi) is 5.04. The van der Waals surface area contributed by atoms with Gasteiger partial charge in [-0.25, -0.2) is 0 Å². The van der Waals surface area contributed by atoms with Gasteiger partial charge in [0, 0.05) is 6.61 Å². The number of rotatable bonds is 4. The molecular formula is C9H19NOS. The van der Waals surface area contributed by atoms with E-state index in [2.05, 4.69) is 17.5 Å².